The molecule has 2 saturated heterocycles. The fraction of sp³-hybridized carbons (Fsp3) is 0.463. The molecule has 0 bridgehead atoms. The van der Waals surface area contributed by atoms with E-state index >= 15 is 0 Å². The number of pyridine rings is 4. The minimum atomic E-state index is -0.118. The Morgan fingerprint density at radius 2 is 1.32 bits per heavy atom. The lowest BCUT2D eigenvalue weighted by Crippen LogP contribution is -2.39. The molecule has 296 valence electrons. The van der Waals surface area contributed by atoms with E-state index in [9.17, 15) is 4.79 Å². The van der Waals surface area contributed by atoms with Crippen LogP contribution in [0.3, 0.4) is 0 Å². The average Bonchev–Trinajstić information content (AvgIpc) is 3.81. The highest BCUT2D eigenvalue weighted by atomic mass is 16.5. The summed E-state index contributed by atoms with van der Waals surface area (Å²) in [5.41, 5.74) is 5.30. The van der Waals surface area contributed by atoms with Gasteiger partial charge in [0.05, 0.1) is 51.7 Å². The second kappa shape index (κ2) is 17.4. The number of nitrogens with zero attached hydrogens (tertiary/aromatic N) is 9. The SMILES string of the molecule is COc1ccc(OC2CCN(c3nc4c(cc3C)CN(C(=O)CCO)C4)CC2)cn1.COc1ccc(OC2CCN(c3nc4c(cnn4C)cc3C)CC2)cn1. The molecule has 15 heteroatoms. The van der Waals surface area contributed by atoms with Crippen LogP contribution in [-0.4, -0.2) is 105 Å². The molecule has 8 heterocycles. The zero-order chi connectivity index (χ0) is 39.2. The first-order valence-corrected chi connectivity index (χ1v) is 19.2. The molecule has 3 aliphatic heterocycles. The maximum Gasteiger partial charge on any atom is 0.225 e. The van der Waals surface area contributed by atoms with Crippen LogP contribution >= 0.6 is 0 Å². The summed E-state index contributed by atoms with van der Waals surface area (Å²) in [4.78, 5) is 36.7. The van der Waals surface area contributed by atoms with Gasteiger partial charge in [0.25, 0.3) is 0 Å². The summed E-state index contributed by atoms with van der Waals surface area (Å²) >= 11 is 0. The number of aliphatic hydroxyl groups excluding tert-OH is 1. The smallest absolute Gasteiger partial charge is 0.225 e. The number of amides is 1. The lowest BCUT2D eigenvalue weighted by Gasteiger charge is -2.34. The zero-order valence-electron chi connectivity index (χ0n) is 32.8. The number of carbonyl (C=O) groups is 1. The summed E-state index contributed by atoms with van der Waals surface area (Å²) < 4.78 is 24.1. The fourth-order valence-electron chi connectivity index (χ4n) is 7.53. The average molecular weight is 766 g/mol. The summed E-state index contributed by atoms with van der Waals surface area (Å²) in [6.07, 6.45) is 9.51. The van der Waals surface area contributed by atoms with Gasteiger partial charge < -0.3 is 38.8 Å². The van der Waals surface area contributed by atoms with Crippen LogP contribution in [0.4, 0.5) is 11.6 Å². The van der Waals surface area contributed by atoms with E-state index < -0.39 is 0 Å². The minimum Gasteiger partial charge on any atom is -0.489 e. The van der Waals surface area contributed by atoms with Crippen molar-refractivity contribution >= 4 is 28.6 Å². The van der Waals surface area contributed by atoms with E-state index in [1.807, 2.05) is 36.1 Å². The Hall–Kier alpha value is -5.70. The number of methoxy groups -OCH3 is 2. The molecule has 3 aliphatic rings. The van der Waals surface area contributed by atoms with Crippen LogP contribution in [0.5, 0.6) is 23.3 Å². The van der Waals surface area contributed by atoms with Crippen LogP contribution in [0.15, 0.2) is 55.0 Å². The van der Waals surface area contributed by atoms with Gasteiger partial charge in [0.2, 0.25) is 17.7 Å². The second-order valence-electron chi connectivity index (χ2n) is 14.4. The molecule has 0 spiro atoms. The third-order valence-corrected chi connectivity index (χ3v) is 10.5. The van der Waals surface area contributed by atoms with Crippen molar-refractivity contribution in [3.05, 3.63) is 77.4 Å². The summed E-state index contributed by atoms with van der Waals surface area (Å²) in [5.74, 6) is 4.73. The number of piperidine rings is 2. The first-order valence-electron chi connectivity index (χ1n) is 19.2. The van der Waals surface area contributed by atoms with E-state index in [0.717, 1.165) is 103 Å². The number of fused-ring (bicyclic) bond motifs is 2. The number of anilines is 2. The Bertz CT molecular complexity index is 2090. The molecular formula is C41H51N9O6. The molecule has 0 saturated carbocycles. The Balaban J connectivity index is 0.000000173. The summed E-state index contributed by atoms with van der Waals surface area (Å²) in [6, 6.07) is 11.7. The van der Waals surface area contributed by atoms with Gasteiger partial charge in [0.1, 0.15) is 35.3 Å². The molecule has 5 aromatic rings. The monoisotopic (exact) mass is 765 g/mol. The van der Waals surface area contributed by atoms with E-state index in [1.54, 1.807) is 37.6 Å². The third-order valence-electron chi connectivity index (χ3n) is 10.5. The van der Waals surface area contributed by atoms with Crippen LogP contribution in [0.2, 0.25) is 0 Å². The van der Waals surface area contributed by atoms with E-state index in [0.29, 0.717) is 24.8 Å². The number of hydrogen-bond acceptors (Lipinski definition) is 13. The Labute approximate surface area is 327 Å². The van der Waals surface area contributed by atoms with Crippen molar-refractivity contribution in [2.45, 2.75) is 71.2 Å². The van der Waals surface area contributed by atoms with E-state index in [-0.39, 0.29) is 31.1 Å². The number of aliphatic hydroxyl groups is 1. The van der Waals surface area contributed by atoms with Gasteiger partial charge in [-0.15, -0.1) is 0 Å². The predicted molar refractivity (Wildman–Crippen MR) is 211 cm³/mol. The first kappa shape index (κ1) is 38.6. The molecule has 0 atom stereocenters. The quantitative estimate of drug-likeness (QED) is 0.208. The fourth-order valence-corrected chi connectivity index (χ4v) is 7.53. The number of rotatable bonds is 10. The standard InChI is InChI=1S/C22H28N4O4.C19H23N5O2/c1-15-11-16-13-26(21(28)7-10-27)14-19(16)24-22(15)25-8-5-17(6-9-25)30-18-3-4-20(29-2)23-12-18;1-13-10-14-11-21-23(2)19(14)22-18(13)24-8-6-15(7-9-24)26-16-4-5-17(25-3)20-12-16/h3-4,11-12,17,27H,5-10,13-14H2,1-2H3;4-5,10-12,15H,6-9H2,1-3H3. The van der Waals surface area contributed by atoms with Gasteiger partial charge in [-0.25, -0.2) is 19.9 Å². The zero-order valence-corrected chi connectivity index (χ0v) is 32.8. The Morgan fingerprint density at radius 1 is 0.768 bits per heavy atom. The highest BCUT2D eigenvalue weighted by molar-refractivity contribution is 5.78. The Morgan fingerprint density at radius 3 is 1.84 bits per heavy atom. The van der Waals surface area contributed by atoms with Gasteiger partial charge in [0.15, 0.2) is 5.65 Å². The minimum absolute atomic E-state index is 0.0271. The highest BCUT2D eigenvalue weighted by Crippen LogP contribution is 2.31. The summed E-state index contributed by atoms with van der Waals surface area (Å²) in [7, 11) is 5.13. The maximum absolute atomic E-state index is 12.1. The molecular weight excluding hydrogens is 715 g/mol. The van der Waals surface area contributed by atoms with Crippen molar-refractivity contribution in [1.82, 2.24) is 34.6 Å². The summed E-state index contributed by atoms with van der Waals surface area (Å²) in [5, 5.41) is 14.4. The maximum atomic E-state index is 12.1. The molecule has 0 radical (unpaired) electrons. The van der Waals surface area contributed by atoms with Crippen molar-refractivity contribution < 1.29 is 28.8 Å². The molecule has 0 unspecified atom stereocenters. The summed E-state index contributed by atoms with van der Waals surface area (Å²) in [6.45, 7) is 8.75. The number of hydrogen-bond donors (Lipinski definition) is 1. The number of ether oxygens (including phenoxy) is 4. The number of carbonyl (C=O) groups excluding carboxylic acids is 1. The molecule has 5 aromatic heterocycles. The van der Waals surface area contributed by atoms with Gasteiger partial charge >= 0.3 is 0 Å². The van der Waals surface area contributed by atoms with Gasteiger partial charge in [-0.1, -0.05) is 0 Å². The molecule has 15 nitrogen and oxygen atoms in total. The van der Waals surface area contributed by atoms with E-state index in [2.05, 4.69) is 50.8 Å². The Kier molecular flexibility index (Phi) is 12.0. The molecule has 0 aliphatic carbocycles. The molecule has 8 rings (SSSR count). The van der Waals surface area contributed by atoms with Gasteiger partial charge in [0, 0.05) is 89.4 Å². The molecule has 1 amide bonds. The molecule has 0 aromatic carbocycles. The van der Waals surface area contributed by atoms with Crippen molar-refractivity contribution in [3.8, 4) is 23.3 Å². The van der Waals surface area contributed by atoms with Crippen molar-refractivity contribution in [2.75, 3.05) is 56.8 Å². The van der Waals surface area contributed by atoms with E-state index in [1.165, 1.54) is 5.56 Å². The van der Waals surface area contributed by atoms with Gasteiger partial charge in [-0.3, -0.25) is 9.48 Å². The normalized spacial score (nSPS) is 16.0. The molecule has 56 heavy (non-hydrogen) atoms. The van der Waals surface area contributed by atoms with Crippen LogP contribution in [-0.2, 0) is 24.9 Å². The largest absolute Gasteiger partial charge is 0.489 e. The topological polar surface area (TPSA) is 153 Å². The van der Waals surface area contributed by atoms with Crippen molar-refractivity contribution in [1.29, 1.82) is 0 Å². The van der Waals surface area contributed by atoms with Gasteiger partial charge in [-0.05, 0) is 54.8 Å². The van der Waals surface area contributed by atoms with Crippen LogP contribution in [0.25, 0.3) is 11.0 Å². The number of aryl methyl sites for hydroxylation is 3. The first-order chi connectivity index (χ1) is 27.2. The third kappa shape index (κ3) is 8.88. The van der Waals surface area contributed by atoms with Crippen molar-refractivity contribution in [2.24, 2.45) is 7.05 Å². The lowest BCUT2D eigenvalue weighted by molar-refractivity contribution is -0.132. The number of aromatic nitrogens is 6. The lowest BCUT2D eigenvalue weighted by atomic mass is 10.1. The van der Waals surface area contributed by atoms with Gasteiger partial charge in [-0.2, -0.15) is 5.10 Å². The highest BCUT2D eigenvalue weighted by Gasteiger charge is 2.28. The van der Waals surface area contributed by atoms with Crippen molar-refractivity contribution in [3.63, 3.8) is 0 Å². The molecule has 2 fully saturated rings. The second-order valence-corrected chi connectivity index (χ2v) is 14.4. The molecule has 1 N–H and O–H groups in total. The van der Waals surface area contributed by atoms with Crippen LogP contribution in [0, 0.1) is 13.8 Å². The van der Waals surface area contributed by atoms with Crippen LogP contribution < -0.4 is 28.7 Å². The predicted octanol–water partition coefficient (Wildman–Crippen LogP) is 4.79. The van der Waals surface area contributed by atoms with Crippen LogP contribution in [0.1, 0.15) is 54.5 Å². The van der Waals surface area contributed by atoms with E-state index in [4.69, 9.17) is 34.0 Å².